The number of halogens is 2. The first-order valence-corrected chi connectivity index (χ1v) is 5.61. The highest BCUT2D eigenvalue weighted by atomic mass is 19.2. The number of aliphatic hydroxyl groups is 1. The summed E-state index contributed by atoms with van der Waals surface area (Å²) in [5.41, 5.74) is -1.70. The van der Waals surface area contributed by atoms with E-state index in [1.54, 1.807) is 0 Å². The Morgan fingerprint density at radius 2 is 1.95 bits per heavy atom. The van der Waals surface area contributed by atoms with Crippen LogP contribution in [0.4, 0.5) is 14.6 Å². The Labute approximate surface area is 112 Å². The SMILES string of the molecule is CC(O)(CNc1cnc2cc(F)c(F)cc2n1)C(=O)O. The number of hydrogen-bond donors (Lipinski definition) is 3. The van der Waals surface area contributed by atoms with Gasteiger partial charge in [-0.25, -0.2) is 18.6 Å². The molecule has 0 spiro atoms. The molecular weight excluding hydrogens is 272 g/mol. The second-order valence-corrected chi connectivity index (χ2v) is 4.44. The van der Waals surface area contributed by atoms with Gasteiger partial charge in [-0.15, -0.1) is 0 Å². The molecule has 2 aromatic rings. The lowest BCUT2D eigenvalue weighted by Crippen LogP contribution is -2.41. The van der Waals surface area contributed by atoms with Crippen LogP contribution in [0.2, 0.25) is 0 Å². The zero-order chi connectivity index (χ0) is 14.9. The molecule has 0 aliphatic heterocycles. The first-order chi connectivity index (χ1) is 9.29. The van der Waals surface area contributed by atoms with Gasteiger partial charge in [0.05, 0.1) is 23.8 Å². The van der Waals surface area contributed by atoms with Crippen LogP contribution < -0.4 is 5.32 Å². The van der Waals surface area contributed by atoms with Gasteiger partial charge < -0.3 is 15.5 Å². The van der Waals surface area contributed by atoms with E-state index in [9.17, 15) is 18.7 Å². The number of nitrogens with one attached hydrogen (secondary N) is 1. The number of fused-ring (bicyclic) bond motifs is 1. The normalized spacial score (nSPS) is 14.0. The third kappa shape index (κ3) is 2.80. The third-order valence-electron chi connectivity index (χ3n) is 2.66. The lowest BCUT2D eigenvalue weighted by molar-refractivity contribution is -0.155. The molecule has 8 heteroatoms. The molecule has 106 valence electrons. The van der Waals surface area contributed by atoms with Gasteiger partial charge in [0.2, 0.25) is 0 Å². The van der Waals surface area contributed by atoms with Crippen molar-refractivity contribution in [3.8, 4) is 0 Å². The largest absolute Gasteiger partial charge is 0.479 e. The van der Waals surface area contributed by atoms with E-state index in [-0.39, 0.29) is 23.4 Å². The van der Waals surface area contributed by atoms with Crippen LogP contribution in [0.1, 0.15) is 6.92 Å². The van der Waals surface area contributed by atoms with E-state index in [4.69, 9.17) is 5.11 Å². The molecule has 1 aromatic heterocycles. The zero-order valence-corrected chi connectivity index (χ0v) is 10.4. The van der Waals surface area contributed by atoms with E-state index >= 15 is 0 Å². The minimum atomic E-state index is -1.98. The van der Waals surface area contributed by atoms with Crippen molar-refractivity contribution in [2.24, 2.45) is 0 Å². The topological polar surface area (TPSA) is 95.3 Å². The third-order valence-corrected chi connectivity index (χ3v) is 2.66. The highest BCUT2D eigenvalue weighted by Gasteiger charge is 2.29. The van der Waals surface area contributed by atoms with Crippen LogP contribution in [0.25, 0.3) is 11.0 Å². The zero-order valence-electron chi connectivity index (χ0n) is 10.4. The predicted molar refractivity (Wildman–Crippen MR) is 66.2 cm³/mol. The summed E-state index contributed by atoms with van der Waals surface area (Å²) in [6.45, 7) is 0.804. The molecule has 0 saturated heterocycles. The summed E-state index contributed by atoms with van der Waals surface area (Å²) in [6, 6.07) is 1.80. The summed E-state index contributed by atoms with van der Waals surface area (Å²) in [7, 11) is 0. The van der Waals surface area contributed by atoms with Crippen molar-refractivity contribution >= 4 is 22.8 Å². The Bertz CT molecular complexity index is 676. The molecule has 0 amide bonds. The maximum atomic E-state index is 13.1. The molecule has 0 bridgehead atoms. The first kappa shape index (κ1) is 14.1. The van der Waals surface area contributed by atoms with Crippen LogP contribution >= 0.6 is 0 Å². The standard InChI is InChI=1S/C12H11F2N3O3/c1-12(20,11(18)19)5-16-10-4-15-8-2-6(13)7(14)3-9(8)17-10/h2-4,20H,5H2,1H3,(H,16,17)(H,18,19). The van der Waals surface area contributed by atoms with Crippen LogP contribution in [0.15, 0.2) is 18.3 Å². The van der Waals surface area contributed by atoms with Crippen LogP contribution in [0.5, 0.6) is 0 Å². The van der Waals surface area contributed by atoms with Crippen molar-refractivity contribution in [2.75, 3.05) is 11.9 Å². The van der Waals surface area contributed by atoms with E-state index in [0.717, 1.165) is 19.1 Å². The Morgan fingerprint density at radius 3 is 2.55 bits per heavy atom. The quantitative estimate of drug-likeness (QED) is 0.779. The number of anilines is 1. The monoisotopic (exact) mass is 283 g/mol. The molecule has 0 saturated carbocycles. The number of aliphatic carboxylic acids is 1. The van der Waals surface area contributed by atoms with Crippen molar-refractivity contribution in [1.29, 1.82) is 0 Å². The average Bonchev–Trinajstić information content (AvgIpc) is 2.37. The van der Waals surface area contributed by atoms with Gasteiger partial charge in [-0.3, -0.25) is 4.98 Å². The Hall–Kier alpha value is -2.35. The van der Waals surface area contributed by atoms with E-state index in [1.165, 1.54) is 6.20 Å². The number of nitrogens with zero attached hydrogens (tertiary/aromatic N) is 2. The van der Waals surface area contributed by atoms with Crippen LogP contribution in [0.3, 0.4) is 0 Å². The Morgan fingerprint density at radius 1 is 1.35 bits per heavy atom. The van der Waals surface area contributed by atoms with Crippen molar-refractivity contribution in [3.05, 3.63) is 30.0 Å². The molecule has 2 rings (SSSR count). The molecule has 0 aliphatic rings. The minimum Gasteiger partial charge on any atom is -0.479 e. The van der Waals surface area contributed by atoms with E-state index in [0.29, 0.717) is 0 Å². The van der Waals surface area contributed by atoms with Gasteiger partial charge in [-0.1, -0.05) is 0 Å². The molecule has 0 fully saturated rings. The maximum Gasteiger partial charge on any atom is 0.337 e. The van der Waals surface area contributed by atoms with Crippen molar-refractivity contribution in [3.63, 3.8) is 0 Å². The Kier molecular flexibility index (Phi) is 3.49. The fourth-order valence-corrected chi connectivity index (χ4v) is 1.43. The number of rotatable bonds is 4. The number of carbonyl (C=O) groups is 1. The molecule has 1 aromatic carbocycles. The maximum absolute atomic E-state index is 13.1. The molecular formula is C12H11F2N3O3. The summed E-state index contributed by atoms with van der Waals surface area (Å²) in [6.07, 6.45) is 1.23. The van der Waals surface area contributed by atoms with Crippen molar-refractivity contribution in [1.82, 2.24) is 9.97 Å². The molecule has 0 aliphatic carbocycles. The molecule has 1 unspecified atom stereocenters. The lowest BCUT2D eigenvalue weighted by Gasteiger charge is -2.18. The first-order valence-electron chi connectivity index (χ1n) is 5.61. The molecule has 3 N–H and O–H groups in total. The summed E-state index contributed by atoms with van der Waals surface area (Å²) >= 11 is 0. The minimum absolute atomic E-state index is 0.115. The average molecular weight is 283 g/mol. The molecule has 1 atom stereocenters. The summed E-state index contributed by atoms with van der Waals surface area (Å²) < 4.78 is 26.1. The van der Waals surface area contributed by atoms with Gasteiger partial charge in [0, 0.05) is 12.1 Å². The van der Waals surface area contributed by atoms with E-state index < -0.39 is 23.2 Å². The number of aromatic nitrogens is 2. The second-order valence-electron chi connectivity index (χ2n) is 4.44. The van der Waals surface area contributed by atoms with E-state index in [1.807, 2.05) is 0 Å². The van der Waals surface area contributed by atoms with Crippen LogP contribution in [0, 0.1) is 11.6 Å². The molecule has 0 radical (unpaired) electrons. The predicted octanol–water partition coefficient (Wildman–Crippen LogP) is 1.16. The lowest BCUT2D eigenvalue weighted by atomic mass is 10.1. The number of benzene rings is 1. The molecule has 1 heterocycles. The summed E-state index contributed by atoms with van der Waals surface area (Å²) in [4.78, 5) is 18.5. The fourth-order valence-electron chi connectivity index (χ4n) is 1.43. The fraction of sp³-hybridized carbons (Fsp3) is 0.250. The van der Waals surface area contributed by atoms with Gasteiger partial charge in [0.25, 0.3) is 0 Å². The summed E-state index contributed by atoms with van der Waals surface area (Å²) in [5.74, 6) is -3.33. The van der Waals surface area contributed by atoms with Gasteiger partial charge in [-0.2, -0.15) is 0 Å². The highest BCUT2D eigenvalue weighted by molar-refractivity contribution is 5.78. The van der Waals surface area contributed by atoms with Crippen molar-refractivity contribution in [2.45, 2.75) is 12.5 Å². The van der Waals surface area contributed by atoms with Crippen molar-refractivity contribution < 1.29 is 23.8 Å². The highest BCUT2D eigenvalue weighted by Crippen LogP contribution is 2.17. The van der Waals surface area contributed by atoms with Crippen LogP contribution in [-0.4, -0.2) is 38.3 Å². The van der Waals surface area contributed by atoms with E-state index in [2.05, 4.69) is 15.3 Å². The smallest absolute Gasteiger partial charge is 0.337 e. The van der Waals surface area contributed by atoms with Crippen LogP contribution in [-0.2, 0) is 4.79 Å². The number of carboxylic acids is 1. The van der Waals surface area contributed by atoms with Gasteiger partial charge in [0.1, 0.15) is 5.82 Å². The molecule has 6 nitrogen and oxygen atoms in total. The Balaban J connectivity index is 2.24. The van der Waals surface area contributed by atoms with Gasteiger partial charge in [0.15, 0.2) is 17.2 Å². The number of hydrogen-bond acceptors (Lipinski definition) is 5. The van der Waals surface area contributed by atoms with Gasteiger partial charge in [-0.05, 0) is 6.92 Å². The van der Waals surface area contributed by atoms with Gasteiger partial charge >= 0.3 is 5.97 Å². The second kappa shape index (κ2) is 4.97. The summed E-state index contributed by atoms with van der Waals surface area (Å²) in [5, 5.41) is 20.8. The molecule has 20 heavy (non-hydrogen) atoms. The number of carboxylic acid groups (broad SMARTS) is 1.